The topological polar surface area (TPSA) is 8.17 Å². The lowest BCUT2D eigenvalue weighted by Crippen LogP contribution is -2.08. The maximum atomic E-state index is 2.39. The minimum absolute atomic E-state index is 1.17. The Morgan fingerprint density at radius 2 is 1.12 bits per heavy atom. The van der Waals surface area contributed by atoms with Gasteiger partial charge in [0.15, 0.2) is 0 Å². The van der Waals surface area contributed by atoms with Crippen molar-refractivity contribution < 1.29 is 0 Å². The number of hydrogen-bond donors (Lipinski definition) is 0. The monoisotopic (exact) mass is 424 g/mol. The van der Waals surface area contributed by atoms with Crippen LogP contribution >= 0.6 is 0 Å². The van der Waals surface area contributed by atoms with Crippen LogP contribution in [0.4, 0.5) is 11.4 Å². The molecule has 0 radical (unpaired) electrons. The average molecular weight is 425 g/mol. The summed E-state index contributed by atoms with van der Waals surface area (Å²) in [6.45, 7) is 0. The molecule has 33 heavy (non-hydrogen) atoms. The molecule has 0 aliphatic carbocycles. The van der Waals surface area contributed by atoms with Crippen LogP contribution in [0.15, 0.2) is 127 Å². The van der Waals surface area contributed by atoms with Crippen LogP contribution in [0, 0.1) is 0 Å². The van der Waals surface area contributed by atoms with E-state index in [1.54, 1.807) is 0 Å². The largest absolute Gasteiger partial charge is 0.345 e. The molecule has 0 saturated heterocycles. The van der Waals surface area contributed by atoms with Crippen LogP contribution in [-0.2, 0) is 0 Å². The van der Waals surface area contributed by atoms with Gasteiger partial charge >= 0.3 is 0 Å². The summed E-state index contributed by atoms with van der Waals surface area (Å²) in [6.07, 6.45) is 0. The van der Waals surface area contributed by atoms with Gasteiger partial charge in [-0.3, -0.25) is 0 Å². The Balaban J connectivity index is 1.54. The van der Waals surface area contributed by atoms with Gasteiger partial charge < -0.3 is 9.47 Å². The highest BCUT2D eigenvalue weighted by molar-refractivity contribution is 6.13. The minimum atomic E-state index is 1.17. The van der Waals surface area contributed by atoms with E-state index >= 15 is 0 Å². The molecule has 0 aliphatic rings. The number of hydrogen-bond acceptors (Lipinski definition) is 1. The Bertz CT molecular complexity index is 1550. The van der Waals surface area contributed by atoms with E-state index in [0.29, 0.717) is 0 Å². The van der Waals surface area contributed by atoms with Gasteiger partial charge in [-0.1, -0.05) is 84.9 Å². The maximum absolute atomic E-state index is 2.39. The number of benzene rings is 5. The van der Waals surface area contributed by atoms with E-state index in [4.69, 9.17) is 0 Å². The van der Waals surface area contributed by atoms with E-state index in [0.717, 1.165) is 0 Å². The molecule has 0 saturated carbocycles. The predicted octanol–water partition coefficient (Wildman–Crippen LogP) is 8.22. The number of para-hydroxylation sites is 4. The van der Waals surface area contributed by atoms with E-state index < -0.39 is 0 Å². The summed E-state index contributed by atoms with van der Waals surface area (Å²) in [5.41, 5.74) is 8.45. The maximum Gasteiger partial charge on any atom is 0.0619 e. The van der Waals surface area contributed by atoms with Crippen molar-refractivity contribution in [3.8, 4) is 16.8 Å². The zero-order valence-corrected chi connectivity index (χ0v) is 18.5. The third-order valence-corrected chi connectivity index (χ3v) is 6.42. The summed E-state index contributed by atoms with van der Waals surface area (Å²) in [7, 11) is 2.11. The van der Waals surface area contributed by atoms with Gasteiger partial charge in [-0.15, -0.1) is 0 Å². The number of nitrogens with zero attached hydrogens (tertiary/aromatic N) is 2. The lowest BCUT2D eigenvalue weighted by molar-refractivity contribution is 1.18. The molecule has 0 aliphatic heterocycles. The molecule has 5 aromatic carbocycles. The molecule has 0 atom stereocenters. The molecule has 2 heteroatoms. The fourth-order valence-electron chi connectivity index (χ4n) is 4.76. The zero-order chi connectivity index (χ0) is 22.2. The number of fused-ring (bicyclic) bond motifs is 3. The molecule has 0 bridgehead atoms. The highest BCUT2D eigenvalue weighted by atomic mass is 15.1. The van der Waals surface area contributed by atoms with E-state index in [-0.39, 0.29) is 0 Å². The minimum Gasteiger partial charge on any atom is -0.345 e. The molecule has 0 amide bonds. The smallest absolute Gasteiger partial charge is 0.0619 e. The predicted molar refractivity (Wildman–Crippen MR) is 141 cm³/mol. The first-order chi connectivity index (χ1) is 16.3. The average Bonchev–Trinajstić information content (AvgIpc) is 3.24. The van der Waals surface area contributed by atoms with Crippen LogP contribution in [0.25, 0.3) is 38.6 Å². The Morgan fingerprint density at radius 3 is 1.88 bits per heavy atom. The number of rotatable bonds is 4. The van der Waals surface area contributed by atoms with Crippen molar-refractivity contribution in [2.24, 2.45) is 0 Å². The van der Waals surface area contributed by atoms with Gasteiger partial charge in [-0.05, 0) is 48.0 Å². The SMILES string of the molecule is CN(c1ccccc1)c1ccc(-c2cccc3c4ccccc4n(-c4ccccc4)c23)cc1. The molecule has 1 aromatic heterocycles. The lowest BCUT2D eigenvalue weighted by Gasteiger charge is -2.20. The Labute approximate surface area is 194 Å². The van der Waals surface area contributed by atoms with Crippen LogP contribution in [0.1, 0.15) is 0 Å². The Morgan fingerprint density at radius 1 is 0.515 bits per heavy atom. The normalized spacial score (nSPS) is 11.2. The van der Waals surface area contributed by atoms with E-state index in [1.807, 2.05) is 6.07 Å². The van der Waals surface area contributed by atoms with E-state index in [2.05, 4.69) is 138 Å². The third kappa shape index (κ3) is 3.28. The van der Waals surface area contributed by atoms with Crippen molar-refractivity contribution in [3.05, 3.63) is 127 Å². The first kappa shape index (κ1) is 19.4. The summed E-state index contributed by atoms with van der Waals surface area (Å²) in [5.74, 6) is 0. The van der Waals surface area contributed by atoms with Crippen LogP contribution < -0.4 is 4.90 Å². The Kier molecular flexibility index (Phi) is 4.70. The van der Waals surface area contributed by atoms with Gasteiger partial charge in [0.1, 0.15) is 0 Å². The van der Waals surface area contributed by atoms with Gasteiger partial charge in [0, 0.05) is 40.4 Å². The van der Waals surface area contributed by atoms with Crippen LogP contribution in [-0.4, -0.2) is 11.6 Å². The van der Waals surface area contributed by atoms with Crippen LogP contribution in [0.5, 0.6) is 0 Å². The van der Waals surface area contributed by atoms with Crippen LogP contribution in [0.2, 0.25) is 0 Å². The van der Waals surface area contributed by atoms with Crippen LogP contribution in [0.3, 0.4) is 0 Å². The molecule has 0 N–H and O–H groups in total. The van der Waals surface area contributed by atoms with Crippen molar-refractivity contribution in [2.75, 3.05) is 11.9 Å². The molecule has 0 fully saturated rings. The van der Waals surface area contributed by atoms with Gasteiger partial charge in [0.05, 0.1) is 11.0 Å². The summed E-state index contributed by atoms with van der Waals surface area (Å²) >= 11 is 0. The standard InChI is InChI=1S/C31H24N2/c1-32(24-11-4-2-5-12-24)25-21-19-23(20-22-25)27-16-10-17-29-28-15-8-9-18-30(28)33(31(27)29)26-13-6-3-7-14-26/h2-22H,1H3. The van der Waals surface area contributed by atoms with Crippen molar-refractivity contribution in [3.63, 3.8) is 0 Å². The summed E-state index contributed by atoms with van der Waals surface area (Å²) in [4.78, 5) is 2.21. The van der Waals surface area contributed by atoms with Gasteiger partial charge in [0.25, 0.3) is 0 Å². The van der Waals surface area contributed by atoms with Gasteiger partial charge in [0.2, 0.25) is 0 Å². The molecule has 6 aromatic rings. The number of aromatic nitrogens is 1. The summed E-state index contributed by atoms with van der Waals surface area (Å²) < 4.78 is 2.39. The van der Waals surface area contributed by atoms with E-state index in [1.165, 1.54) is 50.0 Å². The summed E-state index contributed by atoms with van der Waals surface area (Å²) in [6, 6.07) is 45.3. The van der Waals surface area contributed by atoms with E-state index in [9.17, 15) is 0 Å². The number of anilines is 2. The van der Waals surface area contributed by atoms with Gasteiger partial charge in [-0.2, -0.15) is 0 Å². The van der Waals surface area contributed by atoms with Gasteiger partial charge in [-0.25, -0.2) is 0 Å². The second kappa shape index (κ2) is 7.99. The molecule has 6 rings (SSSR count). The first-order valence-corrected chi connectivity index (χ1v) is 11.3. The van der Waals surface area contributed by atoms with Crippen molar-refractivity contribution in [1.82, 2.24) is 4.57 Å². The zero-order valence-electron chi connectivity index (χ0n) is 18.5. The lowest BCUT2D eigenvalue weighted by atomic mass is 10.0. The quantitative estimate of drug-likeness (QED) is 0.277. The highest BCUT2D eigenvalue weighted by Gasteiger charge is 2.16. The second-order valence-electron chi connectivity index (χ2n) is 8.33. The third-order valence-electron chi connectivity index (χ3n) is 6.42. The van der Waals surface area contributed by atoms with Crippen molar-refractivity contribution in [1.29, 1.82) is 0 Å². The molecule has 1 heterocycles. The highest BCUT2D eigenvalue weighted by Crippen LogP contribution is 2.38. The molecule has 2 nitrogen and oxygen atoms in total. The van der Waals surface area contributed by atoms with Crippen molar-refractivity contribution in [2.45, 2.75) is 0 Å². The fourth-order valence-corrected chi connectivity index (χ4v) is 4.76. The molecule has 0 unspecified atom stereocenters. The molecular formula is C31H24N2. The first-order valence-electron chi connectivity index (χ1n) is 11.3. The molecular weight excluding hydrogens is 400 g/mol. The second-order valence-corrected chi connectivity index (χ2v) is 8.33. The molecule has 0 spiro atoms. The Hall–Kier alpha value is -4.30. The van der Waals surface area contributed by atoms with Crippen molar-refractivity contribution >= 4 is 33.2 Å². The fraction of sp³-hybridized carbons (Fsp3) is 0.0323. The molecule has 158 valence electrons. The summed E-state index contributed by atoms with van der Waals surface area (Å²) in [5, 5.41) is 2.55.